The van der Waals surface area contributed by atoms with Crippen LogP contribution in [0.2, 0.25) is 0 Å². The van der Waals surface area contributed by atoms with Crippen LogP contribution in [-0.4, -0.2) is 7.85 Å². The molecule has 0 atom stereocenters. The first-order valence-corrected chi connectivity index (χ1v) is 2.98. The standard InChI is InChI=1S/C6H10BCl/c1-5(7)3-4-6(2)8/h3-4H,7H2,1-2H3/b5-3+,6-4+. The van der Waals surface area contributed by atoms with E-state index in [4.69, 9.17) is 11.6 Å². The van der Waals surface area contributed by atoms with Gasteiger partial charge in [0.25, 0.3) is 0 Å². The monoisotopic (exact) mass is 128 g/mol. The molecule has 0 unspecified atom stereocenters. The zero-order chi connectivity index (χ0) is 6.57. The highest BCUT2D eigenvalue weighted by Gasteiger charge is 1.74. The molecule has 0 radical (unpaired) electrons. The zero-order valence-corrected chi connectivity index (χ0v) is 6.29. The lowest BCUT2D eigenvalue weighted by Crippen LogP contribution is -1.67. The molecule has 0 aromatic carbocycles. The molecule has 0 aliphatic rings. The highest BCUT2D eigenvalue weighted by molar-refractivity contribution is 6.29. The highest BCUT2D eigenvalue weighted by atomic mass is 35.5. The normalized spacial score (nSPS) is 14.4. The minimum absolute atomic E-state index is 0.825. The molecule has 44 valence electrons. The maximum absolute atomic E-state index is 5.54. The topological polar surface area (TPSA) is 0 Å². The third-order valence-corrected chi connectivity index (χ3v) is 0.772. The van der Waals surface area contributed by atoms with Crippen LogP contribution in [0.3, 0.4) is 0 Å². The molecule has 0 heterocycles. The Morgan fingerprint density at radius 3 is 2.00 bits per heavy atom. The van der Waals surface area contributed by atoms with Crippen molar-refractivity contribution < 1.29 is 0 Å². The van der Waals surface area contributed by atoms with E-state index in [9.17, 15) is 0 Å². The molecule has 0 saturated carbocycles. The van der Waals surface area contributed by atoms with E-state index in [0.717, 1.165) is 5.03 Å². The quantitative estimate of drug-likeness (QED) is 0.372. The maximum Gasteiger partial charge on any atom is 0.133 e. The van der Waals surface area contributed by atoms with Crippen LogP contribution in [0.25, 0.3) is 0 Å². The molecule has 0 rings (SSSR count). The predicted octanol–water partition coefficient (Wildman–Crippen LogP) is 1.67. The second kappa shape index (κ2) is 3.79. The number of halogens is 1. The van der Waals surface area contributed by atoms with Crippen molar-refractivity contribution in [1.82, 2.24) is 0 Å². The Morgan fingerprint density at radius 1 is 1.38 bits per heavy atom. The first kappa shape index (κ1) is 7.83. The second-order valence-corrected chi connectivity index (χ2v) is 2.59. The van der Waals surface area contributed by atoms with Gasteiger partial charge in [-0.1, -0.05) is 24.6 Å². The largest absolute Gasteiger partial charge is 0.133 e. The number of rotatable bonds is 1. The van der Waals surface area contributed by atoms with Gasteiger partial charge >= 0.3 is 0 Å². The molecule has 2 heteroatoms. The molecule has 0 aliphatic carbocycles. The van der Waals surface area contributed by atoms with E-state index < -0.39 is 0 Å². The molecule has 0 nitrogen and oxygen atoms in total. The SMILES string of the molecule is B/C(C)=C/C=C(\C)Cl. The fraction of sp³-hybridized carbons (Fsp3) is 0.333. The average Bonchev–Trinajstić information content (AvgIpc) is 1.61. The molecule has 0 aromatic heterocycles. The summed E-state index contributed by atoms with van der Waals surface area (Å²) in [4.78, 5) is 0. The van der Waals surface area contributed by atoms with Crippen molar-refractivity contribution >= 4 is 19.4 Å². The molecule has 0 fully saturated rings. The summed E-state index contributed by atoms with van der Waals surface area (Å²) < 4.78 is 0. The van der Waals surface area contributed by atoms with E-state index in [2.05, 4.69) is 0 Å². The Bertz CT molecular complexity index is 100. The summed E-state index contributed by atoms with van der Waals surface area (Å²) in [6, 6.07) is 0. The molecular weight excluding hydrogens is 118 g/mol. The van der Waals surface area contributed by atoms with Crippen LogP contribution in [0.1, 0.15) is 13.8 Å². The third kappa shape index (κ3) is 5.83. The maximum atomic E-state index is 5.54. The van der Waals surface area contributed by atoms with Crippen molar-refractivity contribution in [2.75, 3.05) is 0 Å². The molecule has 0 aliphatic heterocycles. The molecular formula is C6H10BCl. The van der Waals surface area contributed by atoms with Gasteiger partial charge in [0.2, 0.25) is 0 Å². The first-order valence-electron chi connectivity index (χ1n) is 2.60. The summed E-state index contributed by atoms with van der Waals surface area (Å²) >= 11 is 5.54. The average molecular weight is 128 g/mol. The minimum Gasteiger partial charge on any atom is -0.113 e. The van der Waals surface area contributed by atoms with Gasteiger partial charge in [0.15, 0.2) is 0 Å². The summed E-state index contributed by atoms with van der Waals surface area (Å²) in [6.07, 6.45) is 3.87. The molecule has 0 bridgehead atoms. The van der Waals surface area contributed by atoms with E-state index in [0.29, 0.717) is 0 Å². The summed E-state index contributed by atoms with van der Waals surface area (Å²) in [7, 11) is 2.04. The Morgan fingerprint density at radius 2 is 1.88 bits per heavy atom. The number of hydrogen-bond donors (Lipinski definition) is 0. The fourth-order valence-corrected chi connectivity index (χ4v) is 0.344. The van der Waals surface area contributed by atoms with E-state index in [1.54, 1.807) is 0 Å². The van der Waals surface area contributed by atoms with Gasteiger partial charge in [0, 0.05) is 5.03 Å². The Hall–Kier alpha value is -0.165. The molecule has 8 heavy (non-hydrogen) atoms. The molecule has 0 aromatic rings. The van der Waals surface area contributed by atoms with Gasteiger partial charge in [0.1, 0.15) is 7.85 Å². The smallest absolute Gasteiger partial charge is 0.113 e. The van der Waals surface area contributed by atoms with Crippen LogP contribution in [0, 0.1) is 0 Å². The highest BCUT2D eigenvalue weighted by Crippen LogP contribution is 1.98. The van der Waals surface area contributed by atoms with Gasteiger partial charge < -0.3 is 0 Å². The van der Waals surface area contributed by atoms with Crippen molar-refractivity contribution in [3.8, 4) is 0 Å². The van der Waals surface area contributed by atoms with Crippen LogP contribution in [0.15, 0.2) is 22.7 Å². The van der Waals surface area contributed by atoms with E-state index in [1.165, 1.54) is 5.47 Å². The lowest BCUT2D eigenvalue weighted by molar-refractivity contribution is 1.61. The molecule has 0 amide bonds. The van der Waals surface area contributed by atoms with Crippen LogP contribution >= 0.6 is 11.6 Å². The third-order valence-electron chi connectivity index (χ3n) is 0.646. The Kier molecular flexibility index (Phi) is 3.71. The van der Waals surface area contributed by atoms with Gasteiger partial charge in [0.05, 0.1) is 0 Å². The second-order valence-electron chi connectivity index (χ2n) is 2.00. The van der Waals surface area contributed by atoms with Gasteiger partial charge in [-0.05, 0) is 13.0 Å². The number of allylic oxidation sites excluding steroid dienone is 4. The van der Waals surface area contributed by atoms with Crippen molar-refractivity contribution in [3.05, 3.63) is 22.7 Å². The van der Waals surface area contributed by atoms with Gasteiger partial charge in [-0.15, -0.1) is 5.47 Å². The van der Waals surface area contributed by atoms with Crippen molar-refractivity contribution in [3.63, 3.8) is 0 Å². The molecule has 0 N–H and O–H groups in total. The van der Waals surface area contributed by atoms with E-state index in [-0.39, 0.29) is 0 Å². The Balaban J connectivity index is 3.76. The van der Waals surface area contributed by atoms with Crippen molar-refractivity contribution in [2.24, 2.45) is 0 Å². The van der Waals surface area contributed by atoms with Gasteiger partial charge in [-0.2, -0.15) is 0 Å². The van der Waals surface area contributed by atoms with Crippen LogP contribution in [-0.2, 0) is 0 Å². The zero-order valence-electron chi connectivity index (χ0n) is 5.53. The van der Waals surface area contributed by atoms with Gasteiger partial charge in [-0.3, -0.25) is 0 Å². The molecule has 0 saturated heterocycles. The predicted molar refractivity (Wildman–Crippen MR) is 41.9 cm³/mol. The van der Waals surface area contributed by atoms with Crippen molar-refractivity contribution in [1.29, 1.82) is 0 Å². The first-order chi connectivity index (χ1) is 3.63. The van der Waals surface area contributed by atoms with Crippen LogP contribution < -0.4 is 0 Å². The minimum atomic E-state index is 0.825. The van der Waals surface area contributed by atoms with Crippen LogP contribution in [0.4, 0.5) is 0 Å². The van der Waals surface area contributed by atoms with Crippen molar-refractivity contribution in [2.45, 2.75) is 13.8 Å². The lowest BCUT2D eigenvalue weighted by Gasteiger charge is -1.82. The van der Waals surface area contributed by atoms with Crippen LogP contribution in [0.5, 0.6) is 0 Å². The Labute approximate surface area is 56.6 Å². The van der Waals surface area contributed by atoms with Gasteiger partial charge in [-0.25, -0.2) is 0 Å². The van der Waals surface area contributed by atoms with E-state index >= 15 is 0 Å². The summed E-state index contributed by atoms with van der Waals surface area (Å²) in [5.41, 5.74) is 1.27. The summed E-state index contributed by atoms with van der Waals surface area (Å²) in [5.74, 6) is 0. The summed E-state index contributed by atoms with van der Waals surface area (Å²) in [5, 5.41) is 0.825. The lowest BCUT2D eigenvalue weighted by atomic mass is 9.98. The molecule has 0 spiro atoms. The van der Waals surface area contributed by atoms with E-state index in [1.807, 2.05) is 33.8 Å². The fourth-order valence-electron chi connectivity index (χ4n) is 0.281. The summed E-state index contributed by atoms with van der Waals surface area (Å²) in [6.45, 7) is 3.90. The number of hydrogen-bond acceptors (Lipinski definition) is 0.